The first-order valence-electron chi connectivity index (χ1n) is 8.99. The van der Waals surface area contributed by atoms with Crippen molar-refractivity contribution in [1.29, 1.82) is 0 Å². The molecule has 1 fully saturated rings. The van der Waals surface area contributed by atoms with Gasteiger partial charge in [0.2, 0.25) is 0 Å². The third-order valence-corrected chi connectivity index (χ3v) is 4.57. The highest BCUT2D eigenvalue weighted by Gasteiger charge is 2.34. The van der Waals surface area contributed by atoms with Crippen LogP contribution in [0.15, 0.2) is 47.4 Å². The minimum Gasteiger partial charge on any atom is -0.394 e. The number of benzene rings is 1. The highest BCUT2D eigenvalue weighted by atomic mass is 16.5. The van der Waals surface area contributed by atoms with Crippen molar-refractivity contribution in [2.24, 2.45) is 0 Å². The highest BCUT2D eigenvalue weighted by Crippen LogP contribution is 2.27. The predicted octanol–water partition coefficient (Wildman–Crippen LogP) is 1.32. The zero-order chi connectivity index (χ0) is 18.4. The van der Waals surface area contributed by atoms with Crippen LogP contribution in [-0.2, 0) is 11.2 Å². The van der Waals surface area contributed by atoms with Gasteiger partial charge in [0.25, 0.3) is 0 Å². The van der Waals surface area contributed by atoms with Crippen molar-refractivity contribution in [3.63, 3.8) is 0 Å². The summed E-state index contributed by atoms with van der Waals surface area (Å²) in [6.45, 7) is 0.469. The van der Waals surface area contributed by atoms with Crippen molar-refractivity contribution in [2.75, 3.05) is 18.5 Å². The van der Waals surface area contributed by atoms with Crippen LogP contribution in [0.2, 0.25) is 0 Å². The first kappa shape index (κ1) is 18.6. The second kappa shape index (κ2) is 8.93. The van der Waals surface area contributed by atoms with E-state index in [0.29, 0.717) is 5.82 Å². The maximum absolute atomic E-state index is 12.2. The molecule has 0 bridgehead atoms. The summed E-state index contributed by atoms with van der Waals surface area (Å²) in [7, 11) is 0. The first-order valence-corrected chi connectivity index (χ1v) is 8.99. The van der Waals surface area contributed by atoms with Gasteiger partial charge < -0.3 is 20.3 Å². The molecule has 7 heteroatoms. The van der Waals surface area contributed by atoms with Crippen LogP contribution in [-0.4, -0.2) is 45.1 Å². The maximum atomic E-state index is 12.2. The number of nitrogens with zero attached hydrogens (tertiary/aromatic N) is 2. The van der Waals surface area contributed by atoms with E-state index < -0.39 is 24.1 Å². The molecule has 3 rings (SSSR count). The molecule has 2 heterocycles. The third kappa shape index (κ3) is 4.69. The van der Waals surface area contributed by atoms with Crippen LogP contribution in [0, 0.1) is 0 Å². The summed E-state index contributed by atoms with van der Waals surface area (Å²) in [4.78, 5) is 16.2. The van der Waals surface area contributed by atoms with E-state index in [1.165, 1.54) is 10.1 Å². The molecular weight excluding hydrogens is 334 g/mol. The van der Waals surface area contributed by atoms with Crippen LogP contribution in [0.4, 0.5) is 5.82 Å². The number of nitrogens with one attached hydrogen (secondary N) is 1. The van der Waals surface area contributed by atoms with Crippen LogP contribution in [0.25, 0.3) is 0 Å². The van der Waals surface area contributed by atoms with Crippen LogP contribution in [0.1, 0.15) is 31.1 Å². The molecule has 26 heavy (non-hydrogen) atoms. The maximum Gasteiger partial charge on any atom is 0.351 e. The summed E-state index contributed by atoms with van der Waals surface area (Å²) in [5.41, 5.74) is 0.892. The van der Waals surface area contributed by atoms with Gasteiger partial charge in [-0.25, -0.2) is 4.79 Å². The van der Waals surface area contributed by atoms with Gasteiger partial charge in [0.15, 0.2) is 0 Å². The zero-order valence-electron chi connectivity index (χ0n) is 14.6. The lowest BCUT2D eigenvalue weighted by molar-refractivity contribution is -0.0458. The minimum atomic E-state index is -0.778. The Bertz CT molecular complexity index is 750. The number of aryl methyl sites for hydroxylation is 1. The molecule has 0 spiro atoms. The molecule has 1 saturated heterocycles. The second-order valence-electron chi connectivity index (χ2n) is 6.49. The summed E-state index contributed by atoms with van der Waals surface area (Å²) >= 11 is 0. The molecular formula is C19H25N3O4. The monoisotopic (exact) mass is 359 g/mol. The fourth-order valence-corrected chi connectivity index (χ4v) is 3.10. The van der Waals surface area contributed by atoms with Crippen LogP contribution < -0.4 is 11.0 Å². The molecule has 0 radical (unpaired) electrons. The molecule has 1 aliphatic rings. The van der Waals surface area contributed by atoms with E-state index in [4.69, 9.17) is 9.84 Å². The van der Waals surface area contributed by atoms with E-state index in [1.54, 1.807) is 12.3 Å². The lowest BCUT2D eigenvalue weighted by Crippen LogP contribution is -2.28. The standard InChI is InChI=1S/C19H25N3O4/c23-13-16-15(24)12-18(26-16)22-11-9-17(21-19(22)25)20-10-5-4-8-14-6-2-1-3-7-14/h1-3,6-7,9,11,15-16,18,23-24H,4-5,8,10,12-13H2,(H,20,21,25)/t15-,16+,18+/m0/s1. The number of aliphatic hydroxyl groups excluding tert-OH is 2. The molecule has 2 aromatic rings. The van der Waals surface area contributed by atoms with Crippen molar-refractivity contribution in [2.45, 2.75) is 44.1 Å². The molecule has 0 unspecified atom stereocenters. The average Bonchev–Trinajstić information content (AvgIpc) is 3.03. The molecule has 0 aliphatic carbocycles. The molecule has 1 aliphatic heterocycles. The van der Waals surface area contributed by atoms with Crippen LogP contribution in [0.3, 0.4) is 0 Å². The number of rotatable bonds is 8. The normalized spacial score (nSPS) is 22.5. The molecule has 3 atom stereocenters. The van der Waals surface area contributed by atoms with Gasteiger partial charge in [-0.1, -0.05) is 30.3 Å². The van der Waals surface area contributed by atoms with Gasteiger partial charge in [-0.05, 0) is 30.9 Å². The molecule has 140 valence electrons. The summed E-state index contributed by atoms with van der Waals surface area (Å²) in [6, 6.07) is 12.1. The number of aromatic nitrogens is 2. The Hall–Kier alpha value is -2.22. The number of anilines is 1. The zero-order valence-corrected chi connectivity index (χ0v) is 14.6. The smallest absolute Gasteiger partial charge is 0.351 e. The van der Waals surface area contributed by atoms with Crippen molar-refractivity contribution in [3.8, 4) is 0 Å². The fraction of sp³-hybridized carbons (Fsp3) is 0.474. The van der Waals surface area contributed by atoms with E-state index in [2.05, 4.69) is 22.4 Å². The Morgan fingerprint density at radius 1 is 1.23 bits per heavy atom. The van der Waals surface area contributed by atoms with Gasteiger partial charge >= 0.3 is 5.69 Å². The van der Waals surface area contributed by atoms with Crippen LogP contribution in [0.5, 0.6) is 0 Å². The van der Waals surface area contributed by atoms with E-state index in [1.807, 2.05) is 18.2 Å². The number of hydrogen-bond donors (Lipinski definition) is 3. The molecule has 1 aromatic heterocycles. The average molecular weight is 359 g/mol. The molecule has 7 nitrogen and oxygen atoms in total. The van der Waals surface area contributed by atoms with E-state index in [0.717, 1.165) is 25.8 Å². The Kier molecular flexibility index (Phi) is 6.38. The second-order valence-corrected chi connectivity index (χ2v) is 6.49. The lowest BCUT2D eigenvalue weighted by atomic mass is 10.1. The topological polar surface area (TPSA) is 96.6 Å². The van der Waals surface area contributed by atoms with E-state index in [9.17, 15) is 9.90 Å². The third-order valence-electron chi connectivity index (χ3n) is 4.57. The molecule has 0 amide bonds. The lowest BCUT2D eigenvalue weighted by Gasteiger charge is -2.14. The number of aliphatic hydroxyl groups is 2. The Labute approximate surface area is 152 Å². The molecule has 1 aromatic carbocycles. The van der Waals surface area contributed by atoms with Crippen molar-refractivity contribution in [3.05, 3.63) is 58.6 Å². The van der Waals surface area contributed by atoms with Crippen molar-refractivity contribution in [1.82, 2.24) is 9.55 Å². The van der Waals surface area contributed by atoms with Gasteiger partial charge in [0.1, 0.15) is 18.1 Å². The Morgan fingerprint density at radius 2 is 2.04 bits per heavy atom. The Morgan fingerprint density at radius 3 is 2.73 bits per heavy atom. The van der Waals surface area contributed by atoms with Crippen LogP contribution >= 0.6 is 0 Å². The summed E-state index contributed by atoms with van der Waals surface area (Å²) < 4.78 is 6.83. The van der Waals surface area contributed by atoms with Crippen molar-refractivity contribution < 1.29 is 14.9 Å². The van der Waals surface area contributed by atoms with Crippen molar-refractivity contribution >= 4 is 5.82 Å². The number of unbranched alkanes of at least 4 members (excludes halogenated alkanes) is 1. The predicted molar refractivity (Wildman–Crippen MR) is 98.0 cm³/mol. The van der Waals surface area contributed by atoms with Gasteiger partial charge in [-0.15, -0.1) is 0 Å². The van der Waals surface area contributed by atoms with Gasteiger partial charge in [0, 0.05) is 19.2 Å². The largest absolute Gasteiger partial charge is 0.394 e. The molecule has 3 N–H and O–H groups in total. The quantitative estimate of drug-likeness (QED) is 0.615. The minimum absolute atomic E-state index is 0.263. The van der Waals surface area contributed by atoms with E-state index >= 15 is 0 Å². The fourth-order valence-electron chi connectivity index (χ4n) is 3.10. The van der Waals surface area contributed by atoms with Gasteiger partial charge in [0.05, 0.1) is 12.7 Å². The van der Waals surface area contributed by atoms with Gasteiger partial charge in [-0.3, -0.25) is 4.57 Å². The Balaban J connectivity index is 1.46. The summed E-state index contributed by atoms with van der Waals surface area (Å²) in [6.07, 6.45) is 2.92. The molecule has 0 saturated carbocycles. The summed E-state index contributed by atoms with van der Waals surface area (Å²) in [5.74, 6) is 0.531. The number of ether oxygens (including phenoxy) is 1. The highest BCUT2D eigenvalue weighted by molar-refractivity contribution is 5.31. The van der Waals surface area contributed by atoms with E-state index in [-0.39, 0.29) is 13.0 Å². The van der Waals surface area contributed by atoms with Gasteiger partial charge in [-0.2, -0.15) is 4.98 Å². The summed E-state index contributed by atoms with van der Waals surface area (Å²) in [5, 5.41) is 22.1. The number of hydrogen-bond acceptors (Lipinski definition) is 6. The SMILES string of the molecule is O=c1nc(NCCCCc2ccccc2)ccn1[C@H]1C[C@H](O)[C@@H](CO)O1. The first-order chi connectivity index (χ1) is 12.7.